The number of hydrogen-bond acceptors (Lipinski definition) is 3. The Bertz CT molecular complexity index is 530. The highest BCUT2D eigenvalue weighted by Gasteiger charge is 2.29. The molecule has 2 rings (SSSR count). The Morgan fingerprint density at radius 2 is 2.14 bits per heavy atom. The molecule has 1 heterocycles. The summed E-state index contributed by atoms with van der Waals surface area (Å²) in [5, 5.41) is 2.62. The second-order valence-corrected chi connectivity index (χ2v) is 5.37. The van der Waals surface area contributed by atoms with Crippen LogP contribution in [0.25, 0.3) is 0 Å². The molecule has 1 aromatic rings. The Morgan fingerprint density at radius 3 is 2.82 bits per heavy atom. The van der Waals surface area contributed by atoms with Gasteiger partial charge in [-0.1, -0.05) is 36.9 Å². The zero-order chi connectivity index (χ0) is 15.9. The second kappa shape index (κ2) is 7.75. The Labute approximate surface area is 130 Å². The SMILES string of the molecule is C=CC(=O)NCCC(=O)N1C[C@H](c2ccccc2)OC[C@H]1C. The van der Waals surface area contributed by atoms with Crippen molar-refractivity contribution >= 4 is 11.8 Å². The van der Waals surface area contributed by atoms with E-state index in [1.54, 1.807) is 0 Å². The first-order chi connectivity index (χ1) is 10.6. The lowest BCUT2D eigenvalue weighted by Crippen LogP contribution is -2.48. The van der Waals surface area contributed by atoms with Gasteiger partial charge in [0.15, 0.2) is 0 Å². The van der Waals surface area contributed by atoms with Crippen molar-refractivity contribution < 1.29 is 14.3 Å². The number of carbonyl (C=O) groups is 2. The molecule has 5 nitrogen and oxygen atoms in total. The summed E-state index contributed by atoms with van der Waals surface area (Å²) >= 11 is 0. The molecule has 0 aliphatic carbocycles. The van der Waals surface area contributed by atoms with Gasteiger partial charge in [-0.05, 0) is 18.6 Å². The van der Waals surface area contributed by atoms with Gasteiger partial charge in [-0.2, -0.15) is 0 Å². The molecule has 1 saturated heterocycles. The Balaban J connectivity index is 1.92. The minimum atomic E-state index is -0.259. The monoisotopic (exact) mass is 302 g/mol. The van der Waals surface area contributed by atoms with Crippen LogP contribution in [0.1, 0.15) is 25.0 Å². The van der Waals surface area contributed by atoms with E-state index >= 15 is 0 Å². The molecule has 1 aliphatic heterocycles. The molecular weight excluding hydrogens is 280 g/mol. The number of hydrogen-bond donors (Lipinski definition) is 1. The quantitative estimate of drug-likeness (QED) is 0.842. The lowest BCUT2D eigenvalue weighted by atomic mass is 10.1. The Morgan fingerprint density at radius 1 is 1.41 bits per heavy atom. The van der Waals surface area contributed by atoms with Gasteiger partial charge in [-0.25, -0.2) is 0 Å². The van der Waals surface area contributed by atoms with Crippen molar-refractivity contribution in [1.82, 2.24) is 10.2 Å². The fourth-order valence-electron chi connectivity index (χ4n) is 2.48. The van der Waals surface area contributed by atoms with Crippen LogP contribution in [0.4, 0.5) is 0 Å². The summed E-state index contributed by atoms with van der Waals surface area (Å²) in [5.41, 5.74) is 1.08. The molecule has 1 fully saturated rings. The van der Waals surface area contributed by atoms with Crippen molar-refractivity contribution in [3.05, 3.63) is 48.6 Å². The molecule has 0 radical (unpaired) electrons. The summed E-state index contributed by atoms with van der Waals surface area (Å²) in [6.45, 7) is 6.74. The predicted molar refractivity (Wildman–Crippen MR) is 84.1 cm³/mol. The lowest BCUT2D eigenvalue weighted by molar-refractivity contribution is -0.144. The van der Waals surface area contributed by atoms with Gasteiger partial charge in [0.2, 0.25) is 11.8 Å². The Hall–Kier alpha value is -2.14. The van der Waals surface area contributed by atoms with Gasteiger partial charge in [0, 0.05) is 13.0 Å². The van der Waals surface area contributed by atoms with Crippen LogP contribution < -0.4 is 5.32 Å². The first kappa shape index (κ1) is 16.2. The lowest BCUT2D eigenvalue weighted by Gasteiger charge is -2.38. The zero-order valence-electron chi connectivity index (χ0n) is 12.8. The molecule has 1 aliphatic rings. The van der Waals surface area contributed by atoms with Gasteiger partial charge in [-0.3, -0.25) is 9.59 Å². The molecule has 1 aromatic carbocycles. The van der Waals surface area contributed by atoms with E-state index in [1.165, 1.54) is 6.08 Å². The first-order valence-corrected chi connectivity index (χ1v) is 7.48. The number of benzene rings is 1. The topological polar surface area (TPSA) is 58.6 Å². The molecule has 0 spiro atoms. The maximum Gasteiger partial charge on any atom is 0.243 e. The molecule has 1 N–H and O–H groups in total. The van der Waals surface area contributed by atoms with Crippen molar-refractivity contribution in [2.24, 2.45) is 0 Å². The van der Waals surface area contributed by atoms with Gasteiger partial charge in [0.25, 0.3) is 0 Å². The molecule has 0 aromatic heterocycles. The summed E-state index contributed by atoms with van der Waals surface area (Å²) in [5.74, 6) is -0.230. The fraction of sp³-hybridized carbons (Fsp3) is 0.412. The van der Waals surface area contributed by atoms with Crippen LogP contribution >= 0.6 is 0 Å². The summed E-state index contributed by atoms with van der Waals surface area (Å²) in [7, 11) is 0. The maximum absolute atomic E-state index is 12.3. The van der Waals surface area contributed by atoms with Crippen LogP contribution in [0.5, 0.6) is 0 Å². The van der Waals surface area contributed by atoms with E-state index in [9.17, 15) is 9.59 Å². The van der Waals surface area contributed by atoms with Gasteiger partial charge >= 0.3 is 0 Å². The van der Waals surface area contributed by atoms with Crippen LogP contribution in [-0.4, -0.2) is 42.5 Å². The number of nitrogens with one attached hydrogen (secondary N) is 1. The normalized spacial score (nSPS) is 21.2. The van der Waals surface area contributed by atoms with Crippen molar-refractivity contribution in [3.63, 3.8) is 0 Å². The van der Waals surface area contributed by atoms with Crippen molar-refractivity contribution in [2.75, 3.05) is 19.7 Å². The van der Waals surface area contributed by atoms with E-state index in [-0.39, 0.29) is 30.4 Å². The molecule has 118 valence electrons. The molecule has 2 amide bonds. The van der Waals surface area contributed by atoms with E-state index in [4.69, 9.17) is 4.74 Å². The van der Waals surface area contributed by atoms with Gasteiger partial charge in [0.05, 0.1) is 19.2 Å². The third kappa shape index (κ3) is 4.18. The zero-order valence-corrected chi connectivity index (χ0v) is 12.8. The largest absolute Gasteiger partial charge is 0.370 e. The third-order valence-corrected chi connectivity index (χ3v) is 3.75. The molecule has 22 heavy (non-hydrogen) atoms. The van der Waals surface area contributed by atoms with Crippen molar-refractivity contribution in [1.29, 1.82) is 0 Å². The predicted octanol–water partition coefficient (Wildman–Crippen LogP) is 1.67. The van der Waals surface area contributed by atoms with Crippen LogP contribution in [-0.2, 0) is 14.3 Å². The minimum Gasteiger partial charge on any atom is -0.370 e. The number of rotatable bonds is 5. The standard InChI is InChI=1S/C17H22N2O3/c1-3-16(20)18-10-9-17(21)19-11-15(22-12-13(19)2)14-7-5-4-6-8-14/h3-8,13,15H,1,9-12H2,2H3,(H,18,20)/t13-,15-/m1/s1. The van der Waals surface area contributed by atoms with Crippen molar-refractivity contribution in [2.45, 2.75) is 25.5 Å². The van der Waals surface area contributed by atoms with Crippen LogP contribution in [0.3, 0.4) is 0 Å². The number of morpholine rings is 1. The van der Waals surface area contributed by atoms with Gasteiger partial charge in [-0.15, -0.1) is 0 Å². The van der Waals surface area contributed by atoms with E-state index in [0.717, 1.165) is 5.56 Å². The summed E-state index contributed by atoms with van der Waals surface area (Å²) in [6.07, 6.45) is 1.39. The number of amides is 2. The smallest absolute Gasteiger partial charge is 0.243 e. The summed E-state index contributed by atoms with van der Waals surface area (Å²) < 4.78 is 5.84. The first-order valence-electron chi connectivity index (χ1n) is 7.48. The Kier molecular flexibility index (Phi) is 5.72. The highest BCUT2D eigenvalue weighted by atomic mass is 16.5. The second-order valence-electron chi connectivity index (χ2n) is 5.37. The average molecular weight is 302 g/mol. The molecule has 2 atom stereocenters. The summed E-state index contributed by atoms with van der Waals surface area (Å²) in [6, 6.07) is 9.95. The average Bonchev–Trinajstić information content (AvgIpc) is 2.55. The van der Waals surface area contributed by atoms with Gasteiger partial charge in [0.1, 0.15) is 6.10 Å². The fourth-order valence-corrected chi connectivity index (χ4v) is 2.48. The van der Waals surface area contributed by atoms with Crippen LogP contribution in [0.15, 0.2) is 43.0 Å². The van der Waals surface area contributed by atoms with Crippen LogP contribution in [0, 0.1) is 0 Å². The highest BCUT2D eigenvalue weighted by molar-refractivity contribution is 5.87. The minimum absolute atomic E-state index is 0.0288. The third-order valence-electron chi connectivity index (χ3n) is 3.75. The number of carbonyl (C=O) groups excluding carboxylic acids is 2. The van der Waals surface area contributed by atoms with Gasteiger partial charge < -0.3 is 15.0 Å². The summed E-state index contributed by atoms with van der Waals surface area (Å²) in [4.78, 5) is 25.3. The van der Waals surface area contributed by atoms with E-state index in [1.807, 2.05) is 42.2 Å². The van der Waals surface area contributed by atoms with Crippen LogP contribution in [0.2, 0.25) is 0 Å². The molecule has 0 bridgehead atoms. The number of ether oxygens (including phenoxy) is 1. The molecule has 5 heteroatoms. The number of nitrogens with zero attached hydrogens (tertiary/aromatic N) is 1. The van der Waals surface area contributed by atoms with E-state index < -0.39 is 0 Å². The molecular formula is C17H22N2O3. The maximum atomic E-state index is 12.3. The highest BCUT2D eigenvalue weighted by Crippen LogP contribution is 2.25. The molecule has 0 saturated carbocycles. The van der Waals surface area contributed by atoms with Crippen molar-refractivity contribution in [3.8, 4) is 0 Å². The van der Waals surface area contributed by atoms with E-state index in [2.05, 4.69) is 11.9 Å². The van der Waals surface area contributed by atoms with E-state index in [0.29, 0.717) is 19.7 Å². The molecule has 0 unspecified atom stereocenters.